The molecule has 0 spiro atoms. The Balaban J connectivity index is 1.70. The lowest BCUT2D eigenvalue weighted by atomic mass is 10.2. The zero-order valence-electron chi connectivity index (χ0n) is 14.0. The highest BCUT2D eigenvalue weighted by Gasteiger charge is 2.11. The van der Waals surface area contributed by atoms with Crippen LogP contribution in [-0.4, -0.2) is 15.9 Å². The van der Waals surface area contributed by atoms with Crippen LogP contribution in [0.5, 0.6) is 0 Å². The van der Waals surface area contributed by atoms with Gasteiger partial charge in [-0.3, -0.25) is 4.79 Å². The van der Waals surface area contributed by atoms with Crippen LogP contribution in [-0.2, 0) is 6.54 Å². The average Bonchev–Trinajstić information content (AvgIpc) is 2.62. The van der Waals surface area contributed by atoms with Gasteiger partial charge in [-0.15, -0.1) is 0 Å². The number of halogens is 2. The lowest BCUT2D eigenvalue weighted by molar-refractivity contribution is 0.0945. The number of rotatable bonds is 5. The Labute approximate surface area is 149 Å². The normalized spacial score (nSPS) is 10.4. The maximum Gasteiger partial charge on any atom is 0.270 e. The summed E-state index contributed by atoms with van der Waals surface area (Å²) >= 11 is 0. The van der Waals surface area contributed by atoms with Crippen molar-refractivity contribution in [3.63, 3.8) is 0 Å². The molecular weight excluding hydrogens is 338 g/mol. The van der Waals surface area contributed by atoms with Crippen LogP contribution in [0.25, 0.3) is 0 Å². The van der Waals surface area contributed by atoms with Crippen LogP contribution in [0.3, 0.4) is 0 Å². The SMILES string of the molecule is Cc1nc(Nc2ccc(F)cc2)cc(C(=O)NCc2ccc(F)cc2)n1. The number of hydrogen-bond donors (Lipinski definition) is 2. The Kier molecular flexibility index (Phi) is 5.17. The summed E-state index contributed by atoms with van der Waals surface area (Å²) in [6.07, 6.45) is 0. The van der Waals surface area contributed by atoms with Crippen molar-refractivity contribution in [3.05, 3.63) is 83.3 Å². The zero-order chi connectivity index (χ0) is 18.5. The molecule has 0 aliphatic heterocycles. The molecule has 2 aromatic carbocycles. The number of hydrogen-bond acceptors (Lipinski definition) is 4. The molecule has 0 fully saturated rings. The summed E-state index contributed by atoms with van der Waals surface area (Å²) in [6.45, 7) is 1.93. The van der Waals surface area contributed by atoms with Gasteiger partial charge in [0.2, 0.25) is 0 Å². The largest absolute Gasteiger partial charge is 0.347 e. The van der Waals surface area contributed by atoms with Crippen molar-refractivity contribution in [1.82, 2.24) is 15.3 Å². The highest BCUT2D eigenvalue weighted by atomic mass is 19.1. The molecule has 2 N–H and O–H groups in total. The number of nitrogens with zero attached hydrogens (tertiary/aromatic N) is 2. The van der Waals surface area contributed by atoms with Crippen LogP contribution in [0.15, 0.2) is 54.6 Å². The molecule has 0 bridgehead atoms. The molecular formula is C19H16F2N4O. The molecule has 0 atom stereocenters. The average molecular weight is 354 g/mol. The van der Waals surface area contributed by atoms with E-state index in [1.54, 1.807) is 31.2 Å². The van der Waals surface area contributed by atoms with Gasteiger partial charge in [-0.05, 0) is 48.9 Å². The number of aromatic nitrogens is 2. The van der Waals surface area contributed by atoms with Crippen molar-refractivity contribution >= 4 is 17.4 Å². The van der Waals surface area contributed by atoms with Gasteiger partial charge in [0.25, 0.3) is 5.91 Å². The fourth-order valence-electron chi connectivity index (χ4n) is 2.30. The number of benzene rings is 2. The molecule has 1 heterocycles. The van der Waals surface area contributed by atoms with Crippen LogP contribution in [0.4, 0.5) is 20.3 Å². The molecule has 0 saturated heterocycles. The van der Waals surface area contributed by atoms with Gasteiger partial charge in [0.05, 0.1) is 0 Å². The van der Waals surface area contributed by atoms with E-state index < -0.39 is 0 Å². The smallest absolute Gasteiger partial charge is 0.270 e. The summed E-state index contributed by atoms with van der Waals surface area (Å²) in [5.74, 6) is -0.194. The second-order valence-electron chi connectivity index (χ2n) is 5.63. The minimum absolute atomic E-state index is 0.198. The fraction of sp³-hybridized carbons (Fsp3) is 0.105. The highest BCUT2D eigenvalue weighted by molar-refractivity contribution is 5.93. The molecule has 0 saturated carbocycles. The van der Waals surface area contributed by atoms with E-state index in [-0.39, 0.29) is 29.8 Å². The van der Waals surface area contributed by atoms with E-state index in [0.717, 1.165) is 5.56 Å². The third-order valence-electron chi connectivity index (χ3n) is 3.55. The van der Waals surface area contributed by atoms with E-state index in [1.807, 2.05) is 0 Å². The van der Waals surface area contributed by atoms with Gasteiger partial charge in [0.15, 0.2) is 0 Å². The van der Waals surface area contributed by atoms with Crippen molar-refractivity contribution in [3.8, 4) is 0 Å². The topological polar surface area (TPSA) is 66.9 Å². The van der Waals surface area contributed by atoms with Gasteiger partial charge in [-0.1, -0.05) is 12.1 Å². The van der Waals surface area contributed by atoms with Gasteiger partial charge in [-0.25, -0.2) is 18.7 Å². The first kappa shape index (κ1) is 17.5. The molecule has 0 radical (unpaired) electrons. The van der Waals surface area contributed by atoms with Crippen molar-refractivity contribution in [1.29, 1.82) is 0 Å². The molecule has 3 rings (SSSR count). The standard InChI is InChI=1S/C19H16F2N4O/c1-12-23-17(19(26)22-11-13-2-4-14(20)5-3-13)10-18(24-12)25-16-8-6-15(21)7-9-16/h2-10H,11H2,1H3,(H,22,26)(H,23,24,25). The van der Waals surface area contributed by atoms with E-state index in [1.165, 1.54) is 30.3 Å². The van der Waals surface area contributed by atoms with E-state index >= 15 is 0 Å². The molecule has 3 aromatic rings. The number of aryl methyl sites for hydroxylation is 1. The van der Waals surface area contributed by atoms with Gasteiger partial charge in [-0.2, -0.15) is 0 Å². The second kappa shape index (κ2) is 7.69. The predicted octanol–water partition coefficient (Wildman–Crippen LogP) is 3.74. The number of anilines is 2. The molecule has 5 nitrogen and oxygen atoms in total. The quantitative estimate of drug-likeness (QED) is 0.733. The van der Waals surface area contributed by atoms with Crippen molar-refractivity contribution in [2.24, 2.45) is 0 Å². The summed E-state index contributed by atoms with van der Waals surface area (Å²) in [6, 6.07) is 13.2. The van der Waals surface area contributed by atoms with E-state index in [4.69, 9.17) is 0 Å². The fourth-order valence-corrected chi connectivity index (χ4v) is 2.30. The summed E-state index contributed by atoms with van der Waals surface area (Å²) < 4.78 is 25.9. The summed E-state index contributed by atoms with van der Waals surface area (Å²) in [4.78, 5) is 20.7. The molecule has 0 unspecified atom stereocenters. The predicted molar refractivity (Wildman–Crippen MR) is 94.0 cm³/mol. The van der Waals surface area contributed by atoms with Gasteiger partial charge < -0.3 is 10.6 Å². The number of nitrogens with one attached hydrogen (secondary N) is 2. The van der Waals surface area contributed by atoms with Crippen LogP contribution in [0, 0.1) is 18.6 Å². The van der Waals surface area contributed by atoms with Crippen molar-refractivity contribution in [2.75, 3.05) is 5.32 Å². The highest BCUT2D eigenvalue weighted by Crippen LogP contribution is 2.16. The lowest BCUT2D eigenvalue weighted by Crippen LogP contribution is -2.24. The van der Waals surface area contributed by atoms with Crippen molar-refractivity contribution in [2.45, 2.75) is 13.5 Å². The molecule has 1 aromatic heterocycles. The Hall–Kier alpha value is -3.35. The first-order valence-corrected chi connectivity index (χ1v) is 7.90. The molecule has 132 valence electrons. The monoisotopic (exact) mass is 354 g/mol. The first-order valence-electron chi connectivity index (χ1n) is 7.90. The third kappa shape index (κ3) is 4.60. The number of carbonyl (C=O) groups is 1. The number of carbonyl (C=O) groups excluding carboxylic acids is 1. The Morgan fingerprint density at radius 3 is 2.23 bits per heavy atom. The van der Waals surface area contributed by atoms with Gasteiger partial charge in [0, 0.05) is 18.3 Å². The maximum absolute atomic E-state index is 13.0. The number of amides is 1. The molecule has 1 amide bonds. The maximum atomic E-state index is 13.0. The van der Waals surface area contributed by atoms with Crippen LogP contribution < -0.4 is 10.6 Å². The minimum Gasteiger partial charge on any atom is -0.347 e. The molecule has 0 aliphatic rings. The van der Waals surface area contributed by atoms with E-state index in [2.05, 4.69) is 20.6 Å². The zero-order valence-corrected chi connectivity index (χ0v) is 14.0. The minimum atomic E-state index is -0.373. The summed E-state index contributed by atoms with van der Waals surface area (Å²) in [5.41, 5.74) is 1.61. The Bertz CT molecular complexity index is 912. The molecule has 0 aliphatic carbocycles. The van der Waals surface area contributed by atoms with Gasteiger partial charge >= 0.3 is 0 Å². The van der Waals surface area contributed by atoms with Crippen LogP contribution >= 0.6 is 0 Å². The summed E-state index contributed by atoms with van der Waals surface area (Å²) in [5, 5.41) is 5.74. The third-order valence-corrected chi connectivity index (χ3v) is 3.55. The summed E-state index contributed by atoms with van der Waals surface area (Å²) in [7, 11) is 0. The molecule has 26 heavy (non-hydrogen) atoms. The van der Waals surface area contributed by atoms with E-state index in [0.29, 0.717) is 17.3 Å². The lowest BCUT2D eigenvalue weighted by Gasteiger charge is -2.09. The Morgan fingerprint density at radius 1 is 0.962 bits per heavy atom. The first-order chi connectivity index (χ1) is 12.5. The van der Waals surface area contributed by atoms with Gasteiger partial charge in [0.1, 0.15) is 29.0 Å². The Morgan fingerprint density at radius 2 is 1.58 bits per heavy atom. The second-order valence-corrected chi connectivity index (χ2v) is 5.63. The van der Waals surface area contributed by atoms with E-state index in [9.17, 15) is 13.6 Å². The van der Waals surface area contributed by atoms with Crippen molar-refractivity contribution < 1.29 is 13.6 Å². The van der Waals surface area contributed by atoms with Crippen LogP contribution in [0.1, 0.15) is 21.9 Å². The van der Waals surface area contributed by atoms with Crippen LogP contribution in [0.2, 0.25) is 0 Å². The molecule has 7 heteroatoms.